The first-order chi connectivity index (χ1) is 16.0. The molecule has 0 bridgehead atoms. The second kappa shape index (κ2) is 7.55. The smallest absolute Gasteiger partial charge is 0.274 e. The number of aromatic amines is 1. The molecular weight excluding hydrogens is 420 g/mol. The van der Waals surface area contributed by atoms with Crippen LogP contribution in [0.3, 0.4) is 0 Å². The van der Waals surface area contributed by atoms with Crippen LogP contribution in [0.1, 0.15) is 51.8 Å². The lowest BCUT2D eigenvalue weighted by Crippen LogP contribution is -2.36. The number of amides is 1. The number of carbonyl (C=O) groups is 1. The largest absolute Gasteiger partial charge is 0.381 e. The number of hydrogen-bond acceptors (Lipinski definition) is 5. The van der Waals surface area contributed by atoms with E-state index in [1.165, 1.54) is 0 Å². The average molecular weight is 447 g/mol. The van der Waals surface area contributed by atoms with E-state index in [1.54, 1.807) is 10.9 Å². The lowest BCUT2D eigenvalue weighted by atomic mass is 9.99. The van der Waals surface area contributed by atoms with E-state index in [0.29, 0.717) is 42.9 Å². The molecule has 1 aromatic carbocycles. The number of carbonyl (C=O) groups excluding carboxylic acids is 1. The molecule has 1 saturated heterocycles. The minimum absolute atomic E-state index is 0.0277. The van der Waals surface area contributed by atoms with Gasteiger partial charge in [-0.25, -0.2) is 4.98 Å². The van der Waals surface area contributed by atoms with Crippen LogP contribution in [0.15, 0.2) is 29.3 Å². The van der Waals surface area contributed by atoms with E-state index in [-0.39, 0.29) is 17.4 Å². The van der Waals surface area contributed by atoms with E-state index in [9.17, 15) is 9.59 Å². The number of imidazole rings is 1. The van der Waals surface area contributed by atoms with E-state index in [1.807, 2.05) is 41.6 Å². The summed E-state index contributed by atoms with van der Waals surface area (Å²) in [6, 6.07) is 3.82. The van der Waals surface area contributed by atoms with Crippen molar-refractivity contribution in [3.8, 4) is 0 Å². The predicted molar refractivity (Wildman–Crippen MR) is 123 cm³/mol. The highest BCUT2D eigenvalue weighted by molar-refractivity contribution is 5.99. The number of hydrogen-bond donors (Lipinski definition) is 1. The molecule has 1 amide bonds. The van der Waals surface area contributed by atoms with Crippen molar-refractivity contribution >= 4 is 22.5 Å². The van der Waals surface area contributed by atoms with Gasteiger partial charge in [-0.05, 0) is 37.5 Å². The third kappa shape index (κ3) is 3.26. The number of benzene rings is 1. The monoisotopic (exact) mass is 446 g/mol. The van der Waals surface area contributed by atoms with Crippen LogP contribution < -0.4 is 5.56 Å². The van der Waals surface area contributed by atoms with Crippen LogP contribution in [-0.2, 0) is 24.8 Å². The van der Waals surface area contributed by atoms with Gasteiger partial charge in [-0.15, -0.1) is 0 Å². The Kier molecular flexibility index (Phi) is 4.62. The summed E-state index contributed by atoms with van der Waals surface area (Å²) in [5.41, 5.74) is 5.48. The molecule has 9 nitrogen and oxygen atoms in total. The van der Waals surface area contributed by atoms with Crippen molar-refractivity contribution in [2.75, 3.05) is 19.8 Å². The van der Waals surface area contributed by atoms with E-state index >= 15 is 0 Å². The average Bonchev–Trinajstić information content (AvgIpc) is 3.42. The first-order valence-corrected chi connectivity index (χ1v) is 11.4. The van der Waals surface area contributed by atoms with Crippen LogP contribution in [0.25, 0.3) is 16.6 Å². The summed E-state index contributed by atoms with van der Waals surface area (Å²) < 4.78 is 9.28. The summed E-state index contributed by atoms with van der Waals surface area (Å²) in [4.78, 5) is 35.8. The van der Waals surface area contributed by atoms with Gasteiger partial charge in [-0.3, -0.25) is 18.7 Å². The fourth-order valence-electron chi connectivity index (χ4n) is 5.21. The number of fused-ring (bicyclic) bond motifs is 4. The third-order valence-electron chi connectivity index (χ3n) is 6.93. The molecule has 2 aliphatic rings. The minimum atomic E-state index is -0.200. The molecule has 4 aromatic rings. The zero-order chi connectivity index (χ0) is 22.7. The molecule has 170 valence electrons. The number of rotatable bonds is 2. The molecule has 1 fully saturated rings. The highest BCUT2D eigenvalue weighted by Gasteiger charge is 2.26. The van der Waals surface area contributed by atoms with Gasteiger partial charge in [-0.1, -0.05) is 0 Å². The van der Waals surface area contributed by atoms with Crippen LogP contribution in [0.4, 0.5) is 0 Å². The Labute approximate surface area is 190 Å². The van der Waals surface area contributed by atoms with Crippen molar-refractivity contribution in [1.29, 1.82) is 0 Å². The van der Waals surface area contributed by atoms with E-state index in [0.717, 1.165) is 47.4 Å². The second-order valence-corrected chi connectivity index (χ2v) is 9.11. The van der Waals surface area contributed by atoms with Gasteiger partial charge in [0.1, 0.15) is 11.3 Å². The van der Waals surface area contributed by atoms with Crippen LogP contribution in [0.5, 0.6) is 0 Å². The molecule has 33 heavy (non-hydrogen) atoms. The number of nitrogens with one attached hydrogen (secondary N) is 1. The highest BCUT2D eigenvalue weighted by atomic mass is 16.5. The maximum absolute atomic E-state index is 13.5. The number of H-pyrrole nitrogens is 1. The molecule has 5 heterocycles. The third-order valence-corrected chi connectivity index (χ3v) is 6.93. The summed E-state index contributed by atoms with van der Waals surface area (Å²) in [7, 11) is 1.90. The Balaban J connectivity index is 1.43. The van der Waals surface area contributed by atoms with Gasteiger partial charge in [0.15, 0.2) is 0 Å². The van der Waals surface area contributed by atoms with Crippen LogP contribution in [-0.4, -0.2) is 54.7 Å². The van der Waals surface area contributed by atoms with Crippen LogP contribution >= 0.6 is 0 Å². The second-order valence-electron chi connectivity index (χ2n) is 9.11. The number of nitrogens with zero attached hydrogens (tertiary/aromatic N) is 5. The van der Waals surface area contributed by atoms with Crippen molar-refractivity contribution < 1.29 is 9.53 Å². The van der Waals surface area contributed by atoms with Crippen molar-refractivity contribution in [2.24, 2.45) is 7.05 Å². The molecule has 1 N–H and O–H groups in total. The summed E-state index contributed by atoms with van der Waals surface area (Å²) in [5, 5.41) is 4.48. The fourth-order valence-corrected chi connectivity index (χ4v) is 5.21. The van der Waals surface area contributed by atoms with E-state index < -0.39 is 0 Å². The van der Waals surface area contributed by atoms with Gasteiger partial charge in [-0.2, -0.15) is 5.10 Å². The maximum atomic E-state index is 13.5. The Bertz CT molecular complexity index is 1460. The van der Waals surface area contributed by atoms with Crippen molar-refractivity contribution in [2.45, 2.75) is 38.6 Å². The summed E-state index contributed by atoms with van der Waals surface area (Å²) in [6.07, 6.45) is 6.14. The predicted octanol–water partition coefficient (Wildman–Crippen LogP) is 2.31. The lowest BCUT2D eigenvalue weighted by Gasteiger charge is -2.27. The van der Waals surface area contributed by atoms with E-state index in [4.69, 9.17) is 4.74 Å². The first-order valence-electron chi connectivity index (χ1n) is 11.4. The summed E-state index contributed by atoms with van der Waals surface area (Å²) in [6.45, 7) is 4.53. The van der Waals surface area contributed by atoms with Crippen molar-refractivity contribution in [1.82, 2.24) is 29.0 Å². The number of aryl methyl sites for hydroxylation is 2. The molecule has 0 aliphatic carbocycles. The SMILES string of the molecule is Cc1cc2c(cc1C(=O)N1CCc3nn(C)cc3C1)[nH]c(=O)c1cnc(C3CCOCC3)n12. The standard InChI is InChI=1S/C24H26N6O3/c1-14-9-20-19(10-17(14)24(32)29-6-3-18-16(13-29)12-28(2)27-18)26-23(31)21-11-25-22(30(20)21)15-4-7-33-8-5-15/h9-12,15H,3-8,13H2,1-2H3,(H,26,31). The summed E-state index contributed by atoms with van der Waals surface area (Å²) in [5.74, 6) is 1.11. The van der Waals surface area contributed by atoms with Crippen molar-refractivity contribution in [3.05, 3.63) is 63.1 Å². The van der Waals surface area contributed by atoms with Gasteiger partial charge in [0.25, 0.3) is 11.5 Å². The van der Waals surface area contributed by atoms with Gasteiger partial charge < -0.3 is 14.6 Å². The maximum Gasteiger partial charge on any atom is 0.274 e. The quantitative estimate of drug-likeness (QED) is 0.510. The Morgan fingerprint density at radius 2 is 2.03 bits per heavy atom. The molecule has 2 aliphatic heterocycles. The molecule has 0 radical (unpaired) electrons. The molecule has 0 atom stereocenters. The molecule has 0 spiro atoms. The Morgan fingerprint density at radius 1 is 1.21 bits per heavy atom. The number of aromatic nitrogens is 5. The fraction of sp³-hybridized carbons (Fsp3) is 0.417. The van der Waals surface area contributed by atoms with Gasteiger partial charge in [0, 0.05) is 63.0 Å². The molecule has 3 aromatic heterocycles. The molecule has 9 heteroatoms. The zero-order valence-electron chi connectivity index (χ0n) is 18.8. The normalized spacial score (nSPS) is 17.1. The van der Waals surface area contributed by atoms with Crippen LogP contribution in [0, 0.1) is 6.92 Å². The highest BCUT2D eigenvalue weighted by Crippen LogP contribution is 2.29. The molecule has 0 saturated carbocycles. The number of ether oxygens (including phenoxy) is 1. The first kappa shape index (κ1) is 20.2. The summed E-state index contributed by atoms with van der Waals surface area (Å²) >= 11 is 0. The topological polar surface area (TPSA) is 97.5 Å². The Hall–Kier alpha value is -3.46. The zero-order valence-corrected chi connectivity index (χ0v) is 18.8. The lowest BCUT2D eigenvalue weighted by molar-refractivity contribution is 0.0733. The van der Waals surface area contributed by atoms with E-state index in [2.05, 4.69) is 15.1 Å². The van der Waals surface area contributed by atoms with Gasteiger partial charge in [0.2, 0.25) is 0 Å². The van der Waals surface area contributed by atoms with Gasteiger partial charge >= 0.3 is 0 Å². The molecule has 6 rings (SSSR count). The molecular formula is C24H26N6O3. The van der Waals surface area contributed by atoms with Crippen molar-refractivity contribution in [3.63, 3.8) is 0 Å². The van der Waals surface area contributed by atoms with Crippen LogP contribution in [0.2, 0.25) is 0 Å². The molecule has 0 unspecified atom stereocenters. The Morgan fingerprint density at radius 3 is 2.85 bits per heavy atom. The van der Waals surface area contributed by atoms with Gasteiger partial charge in [0.05, 0.1) is 22.9 Å². The minimum Gasteiger partial charge on any atom is -0.381 e.